The second-order valence-corrected chi connectivity index (χ2v) is 15.9. The van der Waals surface area contributed by atoms with Crippen LogP contribution in [0.2, 0.25) is 0 Å². The van der Waals surface area contributed by atoms with Crippen LogP contribution in [0.15, 0.2) is 0 Å². The highest BCUT2D eigenvalue weighted by atomic mass is 16.6. The van der Waals surface area contributed by atoms with Gasteiger partial charge in [0.25, 0.3) is 0 Å². The average molecular weight is 709 g/mol. The summed E-state index contributed by atoms with van der Waals surface area (Å²) < 4.78 is 16.7. The van der Waals surface area contributed by atoms with Crippen molar-refractivity contribution in [3.8, 4) is 0 Å². The van der Waals surface area contributed by atoms with Crippen molar-refractivity contribution in [1.82, 2.24) is 0 Å². The van der Waals surface area contributed by atoms with E-state index in [-0.39, 0.29) is 31.1 Å². The van der Waals surface area contributed by atoms with Gasteiger partial charge in [-0.2, -0.15) is 0 Å². The van der Waals surface area contributed by atoms with E-state index in [1.807, 2.05) is 0 Å². The summed E-state index contributed by atoms with van der Waals surface area (Å²) in [7, 11) is 0. The van der Waals surface area contributed by atoms with Crippen molar-refractivity contribution in [2.24, 2.45) is 11.8 Å². The van der Waals surface area contributed by atoms with Gasteiger partial charge in [-0.15, -0.1) is 0 Å². The van der Waals surface area contributed by atoms with Gasteiger partial charge in [0, 0.05) is 19.3 Å². The molecule has 0 aliphatic rings. The van der Waals surface area contributed by atoms with Gasteiger partial charge in [0.15, 0.2) is 6.10 Å². The van der Waals surface area contributed by atoms with Crippen LogP contribution in [0.4, 0.5) is 0 Å². The Labute approximate surface area is 310 Å². The summed E-state index contributed by atoms with van der Waals surface area (Å²) in [6.45, 7) is 11.2. The van der Waals surface area contributed by atoms with Gasteiger partial charge in [-0.25, -0.2) is 0 Å². The quantitative estimate of drug-likeness (QED) is 0.0361. The van der Waals surface area contributed by atoms with Crippen LogP contribution in [-0.4, -0.2) is 37.2 Å². The van der Waals surface area contributed by atoms with E-state index >= 15 is 0 Å². The standard InChI is InChI=1S/C44H84O6/c1-6-7-8-9-10-13-19-24-29-34-42(45)48-37-41(38-49-43(46)35-30-25-21-16-18-23-28-33-40(4)5)50-44(47)36-31-26-20-15-12-11-14-17-22-27-32-39(2)3/h39-41H,6-38H2,1-5H3/t41-/m0/s1. The Morgan fingerprint density at radius 2 is 0.660 bits per heavy atom. The second kappa shape index (κ2) is 37.2. The molecule has 0 amide bonds. The minimum Gasteiger partial charge on any atom is -0.462 e. The molecule has 0 rings (SSSR count). The van der Waals surface area contributed by atoms with Gasteiger partial charge in [0.2, 0.25) is 0 Å². The first-order chi connectivity index (χ1) is 24.2. The molecule has 0 aromatic carbocycles. The Morgan fingerprint density at radius 3 is 0.980 bits per heavy atom. The Kier molecular flexibility index (Phi) is 36.0. The largest absolute Gasteiger partial charge is 0.462 e. The van der Waals surface area contributed by atoms with Crippen molar-refractivity contribution >= 4 is 17.9 Å². The number of rotatable bonds is 38. The van der Waals surface area contributed by atoms with Crippen molar-refractivity contribution in [3.63, 3.8) is 0 Å². The van der Waals surface area contributed by atoms with Crippen molar-refractivity contribution in [2.75, 3.05) is 13.2 Å². The van der Waals surface area contributed by atoms with E-state index in [1.54, 1.807) is 0 Å². The topological polar surface area (TPSA) is 78.9 Å². The van der Waals surface area contributed by atoms with Gasteiger partial charge >= 0.3 is 17.9 Å². The number of ether oxygens (including phenoxy) is 3. The first kappa shape index (κ1) is 48.4. The molecule has 0 aromatic rings. The van der Waals surface area contributed by atoms with Gasteiger partial charge in [0.05, 0.1) is 0 Å². The molecule has 0 saturated carbocycles. The number of unbranched alkanes of at least 4 members (excludes halogenated alkanes) is 23. The molecule has 1 atom stereocenters. The fourth-order valence-corrected chi connectivity index (χ4v) is 6.40. The van der Waals surface area contributed by atoms with Crippen molar-refractivity contribution in [2.45, 2.75) is 240 Å². The molecule has 0 aromatic heterocycles. The van der Waals surface area contributed by atoms with Gasteiger partial charge in [-0.1, -0.05) is 195 Å². The van der Waals surface area contributed by atoms with Gasteiger partial charge in [-0.05, 0) is 31.1 Å². The predicted octanol–water partition coefficient (Wildman–Crippen LogP) is 13.4. The molecule has 0 radical (unpaired) electrons. The molecule has 6 heteroatoms. The zero-order chi connectivity index (χ0) is 36.9. The molecule has 0 fully saturated rings. The summed E-state index contributed by atoms with van der Waals surface area (Å²) in [5.74, 6) is 0.732. The Bertz CT molecular complexity index is 764. The summed E-state index contributed by atoms with van der Waals surface area (Å²) in [5, 5.41) is 0. The third kappa shape index (κ3) is 37.7. The van der Waals surface area contributed by atoms with Crippen LogP contribution in [0.1, 0.15) is 234 Å². The lowest BCUT2D eigenvalue weighted by molar-refractivity contribution is -0.167. The Balaban J connectivity index is 4.34. The van der Waals surface area contributed by atoms with Crippen LogP contribution in [-0.2, 0) is 28.6 Å². The van der Waals surface area contributed by atoms with Crippen molar-refractivity contribution in [3.05, 3.63) is 0 Å². The molecule has 0 N–H and O–H groups in total. The van der Waals surface area contributed by atoms with E-state index in [0.29, 0.717) is 19.3 Å². The van der Waals surface area contributed by atoms with Crippen LogP contribution >= 0.6 is 0 Å². The number of hydrogen-bond donors (Lipinski definition) is 0. The summed E-state index contributed by atoms with van der Waals surface area (Å²) in [4.78, 5) is 37.6. The Morgan fingerprint density at radius 1 is 0.380 bits per heavy atom. The summed E-state index contributed by atoms with van der Waals surface area (Å²) in [6, 6.07) is 0. The lowest BCUT2D eigenvalue weighted by Crippen LogP contribution is -2.30. The van der Waals surface area contributed by atoms with Crippen molar-refractivity contribution in [1.29, 1.82) is 0 Å². The monoisotopic (exact) mass is 709 g/mol. The van der Waals surface area contributed by atoms with Crippen LogP contribution in [0, 0.1) is 11.8 Å². The molecule has 0 unspecified atom stereocenters. The van der Waals surface area contributed by atoms with E-state index < -0.39 is 6.10 Å². The van der Waals surface area contributed by atoms with Gasteiger partial charge in [-0.3, -0.25) is 14.4 Å². The molecular formula is C44H84O6. The number of carbonyl (C=O) groups excluding carboxylic acids is 3. The third-order valence-corrected chi connectivity index (χ3v) is 9.72. The maximum Gasteiger partial charge on any atom is 0.306 e. The summed E-state index contributed by atoms with van der Waals surface area (Å²) >= 11 is 0. The fourth-order valence-electron chi connectivity index (χ4n) is 6.40. The summed E-state index contributed by atoms with van der Waals surface area (Å²) in [6.07, 6.45) is 33.8. The molecule has 0 bridgehead atoms. The molecule has 0 heterocycles. The molecular weight excluding hydrogens is 624 g/mol. The SMILES string of the molecule is CCCCCCCCCCCC(=O)OC[C@@H](COC(=O)CCCCCCCCCC(C)C)OC(=O)CCCCCCCCCCCCC(C)C. The number of hydrogen-bond acceptors (Lipinski definition) is 6. The van der Waals surface area contributed by atoms with E-state index in [4.69, 9.17) is 14.2 Å². The highest BCUT2D eigenvalue weighted by molar-refractivity contribution is 5.71. The minimum absolute atomic E-state index is 0.0659. The van der Waals surface area contributed by atoms with E-state index in [2.05, 4.69) is 34.6 Å². The molecule has 0 saturated heterocycles. The molecule has 0 aliphatic heterocycles. The van der Waals surface area contributed by atoms with E-state index in [9.17, 15) is 14.4 Å². The van der Waals surface area contributed by atoms with E-state index in [0.717, 1.165) is 69.6 Å². The summed E-state index contributed by atoms with van der Waals surface area (Å²) in [5.41, 5.74) is 0. The lowest BCUT2D eigenvalue weighted by atomic mass is 10.0. The van der Waals surface area contributed by atoms with Gasteiger partial charge in [0.1, 0.15) is 13.2 Å². The van der Waals surface area contributed by atoms with Crippen LogP contribution in [0.25, 0.3) is 0 Å². The zero-order valence-corrected chi connectivity index (χ0v) is 34.0. The van der Waals surface area contributed by atoms with Crippen LogP contribution < -0.4 is 0 Å². The molecule has 296 valence electrons. The maximum atomic E-state index is 12.7. The number of esters is 3. The molecule has 0 spiro atoms. The van der Waals surface area contributed by atoms with E-state index in [1.165, 1.54) is 122 Å². The fraction of sp³-hybridized carbons (Fsp3) is 0.932. The molecule has 6 nitrogen and oxygen atoms in total. The Hall–Kier alpha value is -1.59. The van der Waals surface area contributed by atoms with Crippen LogP contribution in [0.3, 0.4) is 0 Å². The molecule has 50 heavy (non-hydrogen) atoms. The minimum atomic E-state index is -0.759. The highest BCUT2D eigenvalue weighted by Crippen LogP contribution is 2.16. The predicted molar refractivity (Wildman–Crippen MR) is 210 cm³/mol. The third-order valence-electron chi connectivity index (χ3n) is 9.72. The molecule has 0 aliphatic carbocycles. The highest BCUT2D eigenvalue weighted by Gasteiger charge is 2.19. The van der Waals surface area contributed by atoms with Crippen molar-refractivity contribution < 1.29 is 28.6 Å². The first-order valence-corrected chi connectivity index (χ1v) is 21.7. The average Bonchev–Trinajstić information content (AvgIpc) is 3.08. The second-order valence-electron chi connectivity index (χ2n) is 15.9. The van der Waals surface area contributed by atoms with Crippen LogP contribution in [0.5, 0.6) is 0 Å². The number of carbonyl (C=O) groups is 3. The zero-order valence-electron chi connectivity index (χ0n) is 34.0. The first-order valence-electron chi connectivity index (χ1n) is 21.7. The maximum absolute atomic E-state index is 12.7. The normalized spacial score (nSPS) is 12.1. The smallest absolute Gasteiger partial charge is 0.306 e. The van der Waals surface area contributed by atoms with Gasteiger partial charge < -0.3 is 14.2 Å². The lowest BCUT2D eigenvalue weighted by Gasteiger charge is -2.18.